The molecule has 0 aromatic heterocycles. The fraction of sp³-hybridized carbons (Fsp3) is 0.364. The van der Waals surface area contributed by atoms with Crippen LogP contribution < -0.4 is 4.74 Å². The smallest absolute Gasteiger partial charge is 0.469 e. The SMILES string of the molecule is COC(=O)Cc1cc(OC(F)(F)F)cc(C(F)F)c1. The van der Waals surface area contributed by atoms with Gasteiger partial charge in [0.15, 0.2) is 0 Å². The molecule has 0 saturated carbocycles. The first-order chi connectivity index (χ1) is 8.71. The van der Waals surface area contributed by atoms with Crippen LogP contribution in [-0.4, -0.2) is 19.4 Å². The Morgan fingerprint density at radius 3 is 2.37 bits per heavy atom. The summed E-state index contributed by atoms with van der Waals surface area (Å²) in [5.74, 6) is -1.56. The van der Waals surface area contributed by atoms with Gasteiger partial charge in [0.25, 0.3) is 6.43 Å². The van der Waals surface area contributed by atoms with Gasteiger partial charge in [-0.1, -0.05) is 0 Å². The Labute approximate surface area is 104 Å². The highest BCUT2D eigenvalue weighted by atomic mass is 19.4. The molecule has 0 N–H and O–H groups in total. The molecule has 19 heavy (non-hydrogen) atoms. The first-order valence-electron chi connectivity index (χ1n) is 4.96. The molecule has 0 amide bonds. The van der Waals surface area contributed by atoms with Gasteiger partial charge in [-0.2, -0.15) is 0 Å². The van der Waals surface area contributed by atoms with Crippen LogP contribution >= 0.6 is 0 Å². The molecule has 1 aromatic carbocycles. The number of esters is 1. The molecule has 1 aromatic rings. The summed E-state index contributed by atoms with van der Waals surface area (Å²) in [7, 11) is 1.08. The Kier molecular flexibility index (Phi) is 4.68. The summed E-state index contributed by atoms with van der Waals surface area (Å²) in [6.45, 7) is 0. The van der Waals surface area contributed by atoms with Crippen LogP contribution in [0.2, 0.25) is 0 Å². The lowest BCUT2D eigenvalue weighted by atomic mass is 10.1. The molecule has 0 radical (unpaired) electrons. The lowest BCUT2D eigenvalue weighted by Crippen LogP contribution is -2.17. The Bertz CT molecular complexity index is 456. The third-order valence-electron chi connectivity index (χ3n) is 2.05. The summed E-state index contributed by atoms with van der Waals surface area (Å²) < 4.78 is 69.0. The van der Waals surface area contributed by atoms with Crippen molar-refractivity contribution in [1.82, 2.24) is 0 Å². The number of carbonyl (C=O) groups is 1. The first-order valence-corrected chi connectivity index (χ1v) is 4.96. The van der Waals surface area contributed by atoms with Crippen molar-refractivity contribution in [3.63, 3.8) is 0 Å². The van der Waals surface area contributed by atoms with Gasteiger partial charge in [0.1, 0.15) is 5.75 Å². The van der Waals surface area contributed by atoms with E-state index in [-0.39, 0.29) is 5.56 Å². The number of ether oxygens (including phenoxy) is 2. The molecule has 0 fully saturated rings. The number of hydrogen-bond donors (Lipinski definition) is 0. The zero-order chi connectivity index (χ0) is 14.6. The van der Waals surface area contributed by atoms with Crippen LogP contribution in [0.3, 0.4) is 0 Å². The van der Waals surface area contributed by atoms with E-state index in [0.29, 0.717) is 6.07 Å². The second-order valence-electron chi connectivity index (χ2n) is 3.51. The van der Waals surface area contributed by atoms with E-state index in [1.54, 1.807) is 0 Å². The van der Waals surface area contributed by atoms with E-state index >= 15 is 0 Å². The maximum absolute atomic E-state index is 12.5. The maximum atomic E-state index is 12.5. The summed E-state index contributed by atoms with van der Waals surface area (Å²) in [6, 6.07) is 2.35. The van der Waals surface area contributed by atoms with Gasteiger partial charge in [-0.25, -0.2) is 8.78 Å². The van der Waals surface area contributed by atoms with E-state index in [4.69, 9.17) is 0 Å². The van der Waals surface area contributed by atoms with Crippen molar-refractivity contribution in [2.45, 2.75) is 19.2 Å². The largest absolute Gasteiger partial charge is 0.573 e. The summed E-state index contributed by atoms with van der Waals surface area (Å²) in [4.78, 5) is 11.0. The molecule has 106 valence electrons. The fourth-order valence-corrected chi connectivity index (χ4v) is 1.35. The maximum Gasteiger partial charge on any atom is 0.573 e. The first kappa shape index (κ1) is 15.2. The zero-order valence-corrected chi connectivity index (χ0v) is 9.63. The zero-order valence-electron chi connectivity index (χ0n) is 9.63. The average Bonchev–Trinajstić information content (AvgIpc) is 2.25. The number of carbonyl (C=O) groups excluding carboxylic acids is 1. The van der Waals surface area contributed by atoms with E-state index in [0.717, 1.165) is 19.2 Å². The van der Waals surface area contributed by atoms with Gasteiger partial charge in [-0.05, 0) is 23.8 Å². The van der Waals surface area contributed by atoms with Gasteiger partial charge in [0.2, 0.25) is 0 Å². The summed E-state index contributed by atoms with van der Waals surface area (Å²) in [5.41, 5.74) is -0.718. The van der Waals surface area contributed by atoms with Crippen molar-refractivity contribution in [3.8, 4) is 5.75 Å². The van der Waals surface area contributed by atoms with Crippen molar-refractivity contribution in [3.05, 3.63) is 29.3 Å². The van der Waals surface area contributed by atoms with Gasteiger partial charge in [-0.3, -0.25) is 4.79 Å². The van der Waals surface area contributed by atoms with Crippen molar-refractivity contribution in [2.24, 2.45) is 0 Å². The van der Waals surface area contributed by atoms with Gasteiger partial charge in [-0.15, -0.1) is 13.2 Å². The standard InChI is InChI=1S/C11H9F5O3/c1-18-9(17)4-6-2-7(10(12)13)5-8(3-6)19-11(14,15)16/h2-3,5,10H,4H2,1H3. The predicted octanol–water partition coefficient (Wildman–Crippen LogP) is 3.24. The minimum absolute atomic E-state index is 0.0519. The highest BCUT2D eigenvalue weighted by Gasteiger charge is 2.31. The van der Waals surface area contributed by atoms with Crippen LogP contribution in [0.25, 0.3) is 0 Å². The Morgan fingerprint density at radius 2 is 1.89 bits per heavy atom. The van der Waals surface area contributed by atoms with Gasteiger partial charge in [0, 0.05) is 5.56 Å². The molecule has 0 heterocycles. The molecule has 0 aliphatic rings. The van der Waals surface area contributed by atoms with Crippen molar-refractivity contribution in [2.75, 3.05) is 7.11 Å². The van der Waals surface area contributed by atoms with Crippen LogP contribution in [0.1, 0.15) is 17.6 Å². The molecule has 0 unspecified atom stereocenters. The summed E-state index contributed by atoms with van der Waals surface area (Å²) in [5, 5.41) is 0. The normalized spacial score (nSPS) is 11.5. The van der Waals surface area contributed by atoms with Crippen LogP contribution in [0.5, 0.6) is 5.75 Å². The molecular formula is C11H9F5O3. The van der Waals surface area contributed by atoms with Crippen LogP contribution in [0, 0.1) is 0 Å². The number of alkyl halides is 5. The molecule has 0 atom stereocenters. The van der Waals surface area contributed by atoms with E-state index in [1.165, 1.54) is 0 Å². The molecule has 3 nitrogen and oxygen atoms in total. The molecular weight excluding hydrogens is 275 g/mol. The average molecular weight is 284 g/mol. The number of benzene rings is 1. The van der Waals surface area contributed by atoms with E-state index in [9.17, 15) is 26.7 Å². The van der Waals surface area contributed by atoms with E-state index < -0.39 is 36.5 Å². The Balaban J connectivity index is 3.07. The van der Waals surface area contributed by atoms with Crippen molar-refractivity contribution in [1.29, 1.82) is 0 Å². The third-order valence-corrected chi connectivity index (χ3v) is 2.05. The second-order valence-corrected chi connectivity index (χ2v) is 3.51. The van der Waals surface area contributed by atoms with Gasteiger partial charge >= 0.3 is 12.3 Å². The Morgan fingerprint density at radius 1 is 1.26 bits per heavy atom. The van der Waals surface area contributed by atoms with Crippen LogP contribution in [-0.2, 0) is 16.0 Å². The number of halogens is 5. The molecule has 0 bridgehead atoms. The lowest BCUT2D eigenvalue weighted by molar-refractivity contribution is -0.274. The summed E-state index contributed by atoms with van der Waals surface area (Å²) >= 11 is 0. The minimum atomic E-state index is -5.00. The monoisotopic (exact) mass is 284 g/mol. The number of rotatable bonds is 4. The number of methoxy groups -OCH3 is 1. The molecule has 8 heteroatoms. The predicted molar refractivity (Wildman–Crippen MR) is 53.8 cm³/mol. The van der Waals surface area contributed by atoms with Crippen molar-refractivity contribution < 1.29 is 36.2 Å². The van der Waals surface area contributed by atoms with Crippen LogP contribution in [0.15, 0.2) is 18.2 Å². The van der Waals surface area contributed by atoms with Crippen LogP contribution in [0.4, 0.5) is 22.0 Å². The highest BCUT2D eigenvalue weighted by molar-refractivity contribution is 5.72. The Hall–Kier alpha value is -1.86. The van der Waals surface area contributed by atoms with Gasteiger partial charge < -0.3 is 9.47 Å². The number of hydrogen-bond acceptors (Lipinski definition) is 3. The van der Waals surface area contributed by atoms with Crippen molar-refractivity contribution >= 4 is 5.97 Å². The lowest BCUT2D eigenvalue weighted by Gasteiger charge is -2.12. The molecule has 0 saturated heterocycles. The minimum Gasteiger partial charge on any atom is -0.469 e. The van der Waals surface area contributed by atoms with E-state index in [1.807, 2.05) is 0 Å². The molecule has 1 rings (SSSR count). The highest BCUT2D eigenvalue weighted by Crippen LogP contribution is 2.29. The fourth-order valence-electron chi connectivity index (χ4n) is 1.35. The topological polar surface area (TPSA) is 35.5 Å². The van der Waals surface area contributed by atoms with Gasteiger partial charge in [0.05, 0.1) is 13.5 Å². The molecule has 0 spiro atoms. The molecule has 0 aliphatic heterocycles. The second kappa shape index (κ2) is 5.85. The van der Waals surface area contributed by atoms with E-state index in [2.05, 4.69) is 9.47 Å². The third kappa shape index (κ3) is 5.11. The quantitative estimate of drug-likeness (QED) is 0.629. The molecule has 0 aliphatic carbocycles. The summed E-state index contributed by atoms with van der Waals surface area (Å²) in [6.07, 6.45) is -8.40.